The standard InChI is InChI=1S/C10H11Cl2N3O3/c1-15(2)17-6-13-18-10(16)14-9-7(11)4-3-5-8(9)12/h3-6H,1-2H3,(H,14,16)/b13-6-. The number of nitrogens with one attached hydrogen (secondary N) is 1. The summed E-state index contributed by atoms with van der Waals surface area (Å²) in [5, 5.41) is 7.61. The van der Waals surface area contributed by atoms with Crippen molar-refractivity contribution in [2.75, 3.05) is 19.4 Å². The van der Waals surface area contributed by atoms with E-state index in [2.05, 4.69) is 15.3 Å². The Morgan fingerprint density at radius 3 is 2.56 bits per heavy atom. The third kappa shape index (κ3) is 4.79. The van der Waals surface area contributed by atoms with E-state index in [1.165, 1.54) is 5.06 Å². The summed E-state index contributed by atoms with van der Waals surface area (Å²) in [4.78, 5) is 20.6. The van der Waals surface area contributed by atoms with E-state index in [1.807, 2.05) is 0 Å². The zero-order valence-corrected chi connectivity index (χ0v) is 11.2. The van der Waals surface area contributed by atoms with Gasteiger partial charge in [-0.25, -0.2) is 4.79 Å². The van der Waals surface area contributed by atoms with Crippen molar-refractivity contribution >= 4 is 41.4 Å². The highest BCUT2D eigenvalue weighted by atomic mass is 35.5. The minimum absolute atomic E-state index is 0.259. The number of carbonyl (C=O) groups is 1. The van der Waals surface area contributed by atoms with Crippen molar-refractivity contribution in [3.8, 4) is 0 Å². The van der Waals surface area contributed by atoms with Crippen molar-refractivity contribution in [1.29, 1.82) is 0 Å². The largest absolute Gasteiger partial charge is 0.438 e. The molecule has 0 atom stereocenters. The molecule has 0 bridgehead atoms. The summed E-state index contributed by atoms with van der Waals surface area (Å²) in [6.07, 6.45) is 0.136. The van der Waals surface area contributed by atoms with Crippen LogP contribution in [-0.4, -0.2) is 31.7 Å². The molecule has 18 heavy (non-hydrogen) atoms. The van der Waals surface area contributed by atoms with Crippen molar-refractivity contribution in [3.63, 3.8) is 0 Å². The minimum atomic E-state index is -0.830. The van der Waals surface area contributed by atoms with E-state index in [4.69, 9.17) is 28.0 Å². The Kier molecular flexibility index (Phi) is 5.70. The molecule has 0 saturated carbocycles. The smallest absolute Gasteiger partial charge is 0.391 e. The van der Waals surface area contributed by atoms with Gasteiger partial charge in [0.2, 0.25) is 6.40 Å². The van der Waals surface area contributed by atoms with Gasteiger partial charge in [0, 0.05) is 14.1 Å². The quantitative estimate of drug-likeness (QED) is 0.401. The van der Waals surface area contributed by atoms with Gasteiger partial charge in [-0.1, -0.05) is 29.3 Å². The number of hydroxylamine groups is 2. The lowest BCUT2D eigenvalue weighted by molar-refractivity contribution is -0.0147. The first kappa shape index (κ1) is 14.6. The topological polar surface area (TPSA) is 63.2 Å². The van der Waals surface area contributed by atoms with Crippen LogP contribution in [0.15, 0.2) is 23.4 Å². The number of carbonyl (C=O) groups excluding carboxylic acids is 1. The van der Waals surface area contributed by atoms with Crippen molar-refractivity contribution < 1.29 is 14.5 Å². The Balaban J connectivity index is 2.52. The van der Waals surface area contributed by atoms with Crippen LogP contribution in [0.3, 0.4) is 0 Å². The van der Waals surface area contributed by atoms with Crippen molar-refractivity contribution in [3.05, 3.63) is 28.2 Å². The maximum Gasteiger partial charge on any atom is 0.438 e. The summed E-state index contributed by atoms with van der Waals surface area (Å²) in [6.45, 7) is 0. The van der Waals surface area contributed by atoms with Crippen LogP contribution in [0.25, 0.3) is 0 Å². The Hall–Kier alpha value is -1.50. The van der Waals surface area contributed by atoms with E-state index in [-0.39, 0.29) is 5.69 Å². The lowest BCUT2D eigenvalue weighted by atomic mass is 10.3. The van der Waals surface area contributed by atoms with Crippen LogP contribution in [0.1, 0.15) is 0 Å². The first-order valence-corrected chi connectivity index (χ1v) is 5.54. The molecule has 0 heterocycles. The van der Waals surface area contributed by atoms with E-state index in [0.29, 0.717) is 10.0 Å². The van der Waals surface area contributed by atoms with E-state index in [0.717, 1.165) is 6.40 Å². The molecule has 1 N–H and O–H groups in total. The summed E-state index contributed by atoms with van der Waals surface area (Å²) in [7, 11) is 3.30. The highest BCUT2D eigenvalue weighted by Gasteiger charge is 2.10. The van der Waals surface area contributed by atoms with E-state index >= 15 is 0 Å². The van der Waals surface area contributed by atoms with E-state index < -0.39 is 6.09 Å². The molecule has 6 nitrogen and oxygen atoms in total. The average molecular weight is 292 g/mol. The third-order valence-electron chi connectivity index (χ3n) is 1.63. The van der Waals surface area contributed by atoms with E-state index in [9.17, 15) is 4.79 Å². The predicted molar refractivity (Wildman–Crippen MR) is 69.8 cm³/mol. The summed E-state index contributed by atoms with van der Waals surface area (Å²) < 4.78 is 0. The van der Waals surface area contributed by atoms with Crippen LogP contribution in [0.5, 0.6) is 0 Å². The molecule has 0 aliphatic rings. The molecule has 1 rings (SSSR count). The van der Waals surface area contributed by atoms with Gasteiger partial charge in [-0.2, -0.15) is 0 Å². The molecule has 0 unspecified atom stereocenters. The average Bonchev–Trinajstić information content (AvgIpc) is 2.29. The lowest BCUT2D eigenvalue weighted by Gasteiger charge is -2.07. The summed E-state index contributed by atoms with van der Waals surface area (Å²) in [6, 6.07) is 4.83. The van der Waals surface area contributed by atoms with Gasteiger partial charge in [0.15, 0.2) is 0 Å². The van der Waals surface area contributed by atoms with Crippen molar-refractivity contribution in [2.24, 2.45) is 5.16 Å². The second-order valence-corrected chi connectivity index (χ2v) is 4.04. The first-order chi connectivity index (χ1) is 8.50. The van der Waals surface area contributed by atoms with Gasteiger partial charge in [0.1, 0.15) is 0 Å². The zero-order chi connectivity index (χ0) is 13.5. The Morgan fingerprint density at radius 1 is 1.39 bits per heavy atom. The molecule has 0 spiro atoms. The van der Waals surface area contributed by atoms with Crippen LogP contribution in [0.4, 0.5) is 10.5 Å². The maximum atomic E-state index is 11.3. The Labute approximate surface area is 114 Å². The van der Waals surface area contributed by atoms with Crippen LogP contribution in [-0.2, 0) is 9.68 Å². The molecular weight excluding hydrogens is 281 g/mol. The fraction of sp³-hybridized carbons (Fsp3) is 0.200. The monoisotopic (exact) mass is 291 g/mol. The fourth-order valence-corrected chi connectivity index (χ4v) is 1.42. The number of anilines is 1. The number of oxime groups is 1. The normalized spacial score (nSPS) is 10.7. The molecule has 1 aromatic carbocycles. The summed E-state index contributed by atoms with van der Waals surface area (Å²) >= 11 is 11.7. The third-order valence-corrected chi connectivity index (χ3v) is 2.26. The SMILES string of the molecule is CN(C)O/C=N\OC(=O)Nc1c(Cl)cccc1Cl. The molecule has 0 aliphatic carbocycles. The molecular formula is C10H11Cl2N3O3. The molecule has 1 aromatic rings. The molecule has 0 fully saturated rings. The number of benzene rings is 1. The first-order valence-electron chi connectivity index (χ1n) is 4.78. The minimum Gasteiger partial charge on any atom is -0.391 e. The van der Waals surface area contributed by atoms with Crippen molar-refractivity contribution in [1.82, 2.24) is 5.06 Å². The highest BCUT2D eigenvalue weighted by Crippen LogP contribution is 2.29. The van der Waals surface area contributed by atoms with Gasteiger partial charge in [-0.05, 0) is 17.3 Å². The molecule has 8 heteroatoms. The zero-order valence-electron chi connectivity index (χ0n) is 9.68. The summed E-state index contributed by atoms with van der Waals surface area (Å²) in [5.41, 5.74) is 0.259. The van der Waals surface area contributed by atoms with Crippen LogP contribution < -0.4 is 5.32 Å². The number of hydrogen-bond acceptors (Lipinski definition) is 5. The maximum absolute atomic E-state index is 11.3. The van der Waals surface area contributed by atoms with Gasteiger partial charge in [0.25, 0.3) is 0 Å². The van der Waals surface area contributed by atoms with Gasteiger partial charge >= 0.3 is 6.09 Å². The van der Waals surface area contributed by atoms with Gasteiger partial charge in [-0.3, -0.25) is 10.2 Å². The van der Waals surface area contributed by atoms with Gasteiger partial charge < -0.3 is 4.84 Å². The second-order valence-electron chi connectivity index (χ2n) is 3.23. The predicted octanol–water partition coefficient (Wildman–Crippen LogP) is 2.98. The fourth-order valence-electron chi connectivity index (χ4n) is 0.925. The lowest BCUT2D eigenvalue weighted by Crippen LogP contribution is -2.13. The molecule has 0 aromatic heterocycles. The van der Waals surface area contributed by atoms with Crippen LogP contribution in [0.2, 0.25) is 10.0 Å². The van der Waals surface area contributed by atoms with Crippen LogP contribution >= 0.6 is 23.2 Å². The number of nitrogens with zero attached hydrogens (tertiary/aromatic N) is 2. The van der Waals surface area contributed by atoms with Gasteiger partial charge in [0.05, 0.1) is 15.7 Å². The molecule has 0 saturated heterocycles. The Morgan fingerprint density at radius 2 is 2.00 bits per heavy atom. The van der Waals surface area contributed by atoms with Crippen LogP contribution in [0, 0.1) is 0 Å². The second kappa shape index (κ2) is 7.05. The number of para-hydroxylation sites is 1. The number of hydrogen-bond donors (Lipinski definition) is 1. The molecule has 1 amide bonds. The molecule has 98 valence electrons. The molecule has 0 aliphatic heterocycles. The Bertz CT molecular complexity index is 432. The summed E-state index contributed by atoms with van der Waals surface area (Å²) in [5.74, 6) is 0. The number of rotatable bonds is 4. The van der Waals surface area contributed by atoms with E-state index in [1.54, 1.807) is 32.3 Å². The number of amides is 1. The van der Waals surface area contributed by atoms with Crippen molar-refractivity contribution in [2.45, 2.75) is 0 Å². The highest BCUT2D eigenvalue weighted by molar-refractivity contribution is 6.39. The van der Waals surface area contributed by atoms with Gasteiger partial charge in [-0.15, -0.1) is 5.06 Å². The molecule has 0 radical (unpaired) electrons. The number of halogens is 2.